The van der Waals surface area contributed by atoms with Gasteiger partial charge in [-0.3, -0.25) is 4.79 Å². The number of unbranched alkanes of at least 4 members (excludes halogenated alkanes) is 4. The van der Waals surface area contributed by atoms with Crippen LogP contribution in [-0.2, 0) is 4.79 Å². The molecule has 118 valence electrons. The van der Waals surface area contributed by atoms with E-state index in [0.717, 1.165) is 24.7 Å². The highest BCUT2D eigenvalue weighted by Gasteiger charge is 2.19. The molecule has 0 heterocycles. The molecule has 2 nitrogen and oxygen atoms in total. The third-order valence-electron chi connectivity index (χ3n) is 4.57. The van der Waals surface area contributed by atoms with E-state index in [1.54, 1.807) is 0 Å². The summed E-state index contributed by atoms with van der Waals surface area (Å²) < 4.78 is 0. The maximum atomic E-state index is 11.9. The minimum Gasteiger partial charge on any atom is -0.353 e. The van der Waals surface area contributed by atoms with Crippen LogP contribution in [0, 0.1) is 11.8 Å². The summed E-state index contributed by atoms with van der Waals surface area (Å²) >= 11 is 0. The van der Waals surface area contributed by atoms with Gasteiger partial charge in [-0.25, -0.2) is 0 Å². The molecule has 20 heavy (non-hydrogen) atoms. The maximum Gasteiger partial charge on any atom is 0.220 e. The summed E-state index contributed by atoms with van der Waals surface area (Å²) in [5.41, 5.74) is 0. The molecule has 1 saturated carbocycles. The van der Waals surface area contributed by atoms with Gasteiger partial charge in [-0.15, -0.1) is 0 Å². The van der Waals surface area contributed by atoms with Gasteiger partial charge in [-0.1, -0.05) is 52.9 Å². The first-order valence-electron chi connectivity index (χ1n) is 8.87. The fraction of sp³-hybridized carbons (Fsp3) is 0.944. The van der Waals surface area contributed by atoms with E-state index in [-0.39, 0.29) is 5.91 Å². The zero-order chi connectivity index (χ0) is 14.8. The van der Waals surface area contributed by atoms with Gasteiger partial charge in [0.15, 0.2) is 0 Å². The molecule has 1 rings (SSSR count). The van der Waals surface area contributed by atoms with Crippen LogP contribution in [0.1, 0.15) is 91.4 Å². The lowest BCUT2D eigenvalue weighted by Crippen LogP contribution is -2.37. The van der Waals surface area contributed by atoms with Gasteiger partial charge in [0.05, 0.1) is 0 Å². The largest absolute Gasteiger partial charge is 0.353 e. The summed E-state index contributed by atoms with van der Waals surface area (Å²) in [6, 6.07) is 0.463. The number of amides is 1. The van der Waals surface area contributed by atoms with Gasteiger partial charge in [0.25, 0.3) is 0 Å². The van der Waals surface area contributed by atoms with Crippen LogP contribution in [0.5, 0.6) is 0 Å². The molecule has 1 aliphatic rings. The predicted molar refractivity (Wildman–Crippen MR) is 86.7 cm³/mol. The van der Waals surface area contributed by atoms with Crippen molar-refractivity contribution in [2.24, 2.45) is 11.8 Å². The van der Waals surface area contributed by atoms with Crippen LogP contribution in [0.3, 0.4) is 0 Å². The molecule has 0 aromatic heterocycles. The summed E-state index contributed by atoms with van der Waals surface area (Å²) in [5, 5.41) is 3.22. The first kappa shape index (κ1) is 17.5. The van der Waals surface area contributed by atoms with Gasteiger partial charge in [-0.2, -0.15) is 0 Å². The molecule has 0 aromatic carbocycles. The van der Waals surface area contributed by atoms with Crippen LogP contribution in [0.2, 0.25) is 0 Å². The van der Waals surface area contributed by atoms with E-state index >= 15 is 0 Å². The Bertz CT molecular complexity index is 254. The number of nitrogens with one attached hydrogen (secondary N) is 1. The van der Waals surface area contributed by atoms with E-state index in [1.807, 2.05) is 0 Å². The highest BCUT2D eigenvalue weighted by molar-refractivity contribution is 5.76. The van der Waals surface area contributed by atoms with Crippen LogP contribution in [0.4, 0.5) is 0 Å². The van der Waals surface area contributed by atoms with E-state index in [9.17, 15) is 4.79 Å². The van der Waals surface area contributed by atoms with E-state index in [1.165, 1.54) is 57.8 Å². The second-order valence-electron chi connectivity index (χ2n) is 7.22. The molecule has 2 heteroatoms. The monoisotopic (exact) mass is 281 g/mol. The molecule has 0 atom stereocenters. The Balaban J connectivity index is 1.92. The second-order valence-corrected chi connectivity index (χ2v) is 7.22. The molecule has 1 N–H and O–H groups in total. The Kier molecular flexibility index (Phi) is 8.97. The SMILES string of the molecule is CC(C)CCCCCCCC(=O)NC1CCC(C)CC1. The molecule has 0 saturated heterocycles. The first-order chi connectivity index (χ1) is 9.58. The van der Waals surface area contributed by atoms with Gasteiger partial charge < -0.3 is 5.32 Å². The lowest BCUT2D eigenvalue weighted by molar-refractivity contribution is -0.122. The normalized spacial score (nSPS) is 23.0. The van der Waals surface area contributed by atoms with Crippen molar-refractivity contribution in [2.75, 3.05) is 0 Å². The molecule has 1 aliphatic carbocycles. The first-order valence-corrected chi connectivity index (χ1v) is 8.87. The quantitative estimate of drug-likeness (QED) is 0.587. The van der Waals surface area contributed by atoms with E-state index in [0.29, 0.717) is 6.04 Å². The zero-order valence-corrected chi connectivity index (χ0v) is 13.9. The Labute approximate surface area is 126 Å². The lowest BCUT2D eigenvalue weighted by atomic mass is 9.87. The fourth-order valence-electron chi connectivity index (χ4n) is 3.07. The van der Waals surface area contributed by atoms with Crippen molar-refractivity contribution in [2.45, 2.75) is 97.4 Å². The average molecular weight is 281 g/mol. The van der Waals surface area contributed by atoms with Gasteiger partial charge in [-0.05, 0) is 43.9 Å². The number of hydrogen-bond donors (Lipinski definition) is 1. The fourth-order valence-corrected chi connectivity index (χ4v) is 3.07. The summed E-state index contributed by atoms with van der Waals surface area (Å²) in [7, 11) is 0. The number of carbonyl (C=O) groups is 1. The highest BCUT2D eigenvalue weighted by Crippen LogP contribution is 2.23. The van der Waals surface area contributed by atoms with Crippen LogP contribution in [-0.4, -0.2) is 11.9 Å². The lowest BCUT2D eigenvalue weighted by Gasteiger charge is -2.26. The Morgan fingerprint density at radius 2 is 1.60 bits per heavy atom. The van der Waals surface area contributed by atoms with Crippen molar-refractivity contribution in [1.29, 1.82) is 0 Å². The third kappa shape index (κ3) is 8.60. The molecule has 0 unspecified atom stereocenters. The molecule has 0 spiro atoms. The molecule has 0 radical (unpaired) electrons. The van der Waals surface area contributed by atoms with Crippen molar-refractivity contribution in [3.63, 3.8) is 0 Å². The maximum absolute atomic E-state index is 11.9. The minimum absolute atomic E-state index is 0.284. The van der Waals surface area contributed by atoms with Crippen molar-refractivity contribution >= 4 is 5.91 Å². The molecular weight excluding hydrogens is 246 g/mol. The summed E-state index contributed by atoms with van der Waals surface area (Å²) in [6.45, 7) is 6.89. The van der Waals surface area contributed by atoms with Crippen molar-refractivity contribution in [3.8, 4) is 0 Å². The minimum atomic E-state index is 0.284. The molecular formula is C18H35NO. The zero-order valence-electron chi connectivity index (χ0n) is 13.9. The van der Waals surface area contributed by atoms with Crippen LogP contribution in [0.25, 0.3) is 0 Å². The van der Waals surface area contributed by atoms with Crippen molar-refractivity contribution < 1.29 is 4.79 Å². The van der Waals surface area contributed by atoms with Gasteiger partial charge in [0.1, 0.15) is 0 Å². The van der Waals surface area contributed by atoms with Gasteiger partial charge in [0.2, 0.25) is 5.91 Å². The van der Waals surface area contributed by atoms with E-state index in [2.05, 4.69) is 26.1 Å². The number of hydrogen-bond acceptors (Lipinski definition) is 1. The Morgan fingerprint density at radius 3 is 2.25 bits per heavy atom. The van der Waals surface area contributed by atoms with Crippen LogP contribution in [0.15, 0.2) is 0 Å². The summed E-state index contributed by atoms with van der Waals surface area (Å²) in [5.74, 6) is 1.97. The van der Waals surface area contributed by atoms with Gasteiger partial charge in [0, 0.05) is 12.5 Å². The van der Waals surface area contributed by atoms with E-state index in [4.69, 9.17) is 0 Å². The Morgan fingerprint density at radius 1 is 1.00 bits per heavy atom. The molecule has 1 fully saturated rings. The van der Waals surface area contributed by atoms with Crippen molar-refractivity contribution in [3.05, 3.63) is 0 Å². The predicted octanol–water partition coefficient (Wildman–Crippen LogP) is 5.07. The second kappa shape index (κ2) is 10.2. The summed E-state index contributed by atoms with van der Waals surface area (Å²) in [4.78, 5) is 11.9. The van der Waals surface area contributed by atoms with E-state index < -0.39 is 0 Å². The molecule has 1 amide bonds. The molecule has 0 bridgehead atoms. The summed E-state index contributed by atoms with van der Waals surface area (Å²) in [6.07, 6.45) is 13.3. The number of carbonyl (C=O) groups excluding carboxylic acids is 1. The third-order valence-corrected chi connectivity index (χ3v) is 4.57. The van der Waals surface area contributed by atoms with Crippen LogP contribution < -0.4 is 5.32 Å². The molecule has 0 aliphatic heterocycles. The smallest absolute Gasteiger partial charge is 0.220 e. The Hall–Kier alpha value is -0.530. The molecule has 0 aromatic rings. The topological polar surface area (TPSA) is 29.1 Å². The standard InChI is InChI=1S/C18H35NO/c1-15(2)9-7-5-4-6-8-10-18(20)19-17-13-11-16(3)12-14-17/h15-17H,4-14H2,1-3H3,(H,19,20). The average Bonchev–Trinajstić information content (AvgIpc) is 2.40. The van der Waals surface area contributed by atoms with Gasteiger partial charge >= 0.3 is 0 Å². The number of rotatable bonds is 9. The van der Waals surface area contributed by atoms with Crippen molar-refractivity contribution in [1.82, 2.24) is 5.32 Å². The highest BCUT2D eigenvalue weighted by atomic mass is 16.1. The van der Waals surface area contributed by atoms with Crippen LogP contribution >= 0.6 is 0 Å².